The molecule has 0 saturated carbocycles. The van der Waals surface area contributed by atoms with Gasteiger partial charge in [0.2, 0.25) is 11.8 Å². The minimum Gasteiger partial charge on any atom is -0.314 e. The van der Waals surface area contributed by atoms with E-state index in [0.29, 0.717) is 12.8 Å². The monoisotopic (exact) mass is 348 g/mol. The summed E-state index contributed by atoms with van der Waals surface area (Å²) < 4.78 is 0. The molecule has 0 spiro atoms. The number of benzene rings is 2. The van der Waals surface area contributed by atoms with Crippen LogP contribution in [0.5, 0.6) is 0 Å². The predicted molar refractivity (Wildman–Crippen MR) is 104 cm³/mol. The van der Waals surface area contributed by atoms with Gasteiger partial charge in [-0.15, -0.1) is 0 Å². The zero-order valence-corrected chi connectivity index (χ0v) is 15.7. The number of carbonyl (C=O) groups is 2. The smallest absolute Gasteiger partial charge is 0.238 e. The first kappa shape index (κ1) is 16.8. The minimum absolute atomic E-state index is 0.0153. The maximum atomic E-state index is 13.7. The van der Waals surface area contributed by atoms with Crippen LogP contribution in [0.1, 0.15) is 37.8 Å². The molecule has 2 atom stereocenters. The van der Waals surface area contributed by atoms with E-state index in [9.17, 15) is 9.59 Å². The van der Waals surface area contributed by atoms with Gasteiger partial charge in [0.05, 0.1) is 10.8 Å². The first-order valence-corrected chi connectivity index (χ1v) is 9.22. The summed E-state index contributed by atoms with van der Waals surface area (Å²) in [4.78, 5) is 30.8. The Labute approximate surface area is 154 Å². The van der Waals surface area contributed by atoms with E-state index in [1.165, 1.54) is 0 Å². The van der Waals surface area contributed by atoms with E-state index in [2.05, 4.69) is 0 Å². The second kappa shape index (κ2) is 5.44. The Bertz CT molecular complexity index is 846. The molecule has 2 aliphatic heterocycles. The molecule has 0 aliphatic carbocycles. The minimum atomic E-state index is -0.884. The van der Waals surface area contributed by atoms with Gasteiger partial charge in [-0.2, -0.15) is 0 Å². The molecule has 2 aromatic rings. The highest BCUT2D eigenvalue weighted by Crippen LogP contribution is 2.60. The fraction of sp³-hybridized carbons (Fsp3) is 0.364. The molecule has 134 valence electrons. The van der Waals surface area contributed by atoms with Crippen LogP contribution in [-0.2, 0) is 20.4 Å². The largest absolute Gasteiger partial charge is 0.314 e. The van der Waals surface area contributed by atoms with E-state index in [4.69, 9.17) is 0 Å². The normalized spacial score (nSPS) is 27.1. The molecule has 0 radical (unpaired) electrons. The van der Waals surface area contributed by atoms with Crippen LogP contribution in [0.25, 0.3) is 0 Å². The van der Waals surface area contributed by atoms with Crippen molar-refractivity contribution in [2.24, 2.45) is 0 Å². The van der Waals surface area contributed by atoms with Gasteiger partial charge in [-0.3, -0.25) is 9.59 Å². The second-order valence-electron chi connectivity index (χ2n) is 7.28. The average molecular weight is 348 g/mol. The Kier molecular flexibility index (Phi) is 3.52. The fourth-order valence-corrected chi connectivity index (χ4v) is 5.39. The Morgan fingerprint density at radius 1 is 0.692 bits per heavy atom. The predicted octanol–water partition coefficient (Wildman–Crippen LogP) is 3.64. The first-order valence-electron chi connectivity index (χ1n) is 9.22. The lowest BCUT2D eigenvalue weighted by molar-refractivity contribution is -0.135. The van der Waals surface area contributed by atoms with Crippen LogP contribution in [0, 0.1) is 0 Å². The number of hydrogen-bond acceptors (Lipinski definition) is 2. The Morgan fingerprint density at radius 2 is 1.04 bits per heavy atom. The van der Waals surface area contributed by atoms with E-state index < -0.39 is 10.8 Å². The maximum Gasteiger partial charge on any atom is 0.238 e. The summed E-state index contributed by atoms with van der Waals surface area (Å²) in [5, 5.41) is 0. The highest BCUT2D eigenvalue weighted by molar-refractivity contribution is 6.18. The molecular formula is C22H24N2O2. The van der Waals surface area contributed by atoms with Crippen LogP contribution in [0.4, 0.5) is 11.4 Å². The summed E-state index contributed by atoms with van der Waals surface area (Å²) in [5.41, 5.74) is 1.99. The number of fused-ring (bicyclic) bond motifs is 2. The zero-order chi connectivity index (χ0) is 18.7. The molecule has 4 heteroatoms. The van der Waals surface area contributed by atoms with Gasteiger partial charge in [0.15, 0.2) is 0 Å². The zero-order valence-electron chi connectivity index (χ0n) is 15.7. The summed E-state index contributed by atoms with van der Waals surface area (Å²) in [7, 11) is 3.63. The number of anilines is 2. The summed E-state index contributed by atoms with van der Waals surface area (Å²) in [6.07, 6.45) is 1.16. The topological polar surface area (TPSA) is 40.6 Å². The average Bonchev–Trinajstić information content (AvgIpc) is 3.04. The van der Waals surface area contributed by atoms with E-state index in [1.807, 2.05) is 76.5 Å². The Balaban J connectivity index is 2.12. The number of para-hydroxylation sites is 2. The molecule has 0 aromatic heterocycles. The summed E-state index contributed by atoms with van der Waals surface area (Å²) >= 11 is 0. The van der Waals surface area contributed by atoms with Crippen molar-refractivity contribution in [3.8, 4) is 0 Å². The molecule has 2 unspecified atom stereocenters. The molecule has 0 N–H and O–H groups in total. The molecule has 0 bridgehead atoms. The molecular weight excluding hydrogens is 324 g/mol. The van der Waals surface area contributed by atoms with Gasteiger partial charge in [0, 0.05) is 25.5 Å². The molecule has 2 amide bonds. The van der Waals surface area contributed by atoms with Crippen molar-refractivity contribution < 1.29 is 9.59 Å². The molecule has 4 nitrogen and oxygen atoms in total. The van der Waals surface area contributed by atoms with Crippen LogP contribution in [0.15, 0.2) is 48.5 Å². The van der Waals surface area contributed by atoms with Gasteiger partial charge in [-0.05, 0) is 36.1 Å². The third-order valence-corrected chi connectivity index (χ3v) is 6.58. The summed E-state index contributed by atoms with van der Waals surface area (Å²) in [6, 6.07) is 15.8. The highest BCUT2D eigenvalue weighted by Gasteiger charge is 2.68. The van der Waals surface area contributed by atoms with Crippen molar-refractivity contribution in [1.82, 2.24) is 0 Å². The van der Waals surface area contributed by atoms with Crippen molar-refractivity contribution in [2.45, 2.75) is 37.5 Å². The number of carbonyl (C=O) groups excluding carboxylic acids is 2. The van der Waals surface area contributed by atoms with E-state index in [0.717, 1.165) is 22.5 Å². The van der Waals surface area contributed by atoms with Gasteiger partial charge in [-0.25, -0.2) is 0 Å². The van der Waals surface area contributed by atoms with Gasteiger partial charge >= 0.3 is 0 Å². The molecule has 2 aromatic carbocycles. The van der Waals surface area contributed by atoms with Crippen LogP contribution < -0.4 is 9.80 Å². The van der Waals surface area contributed by atoms with Gasteiger partial charge in [0.25, 0.3) is 0 Å². The lowest BCUT2D eigenvalue weighted by Crippen LogP contribution is -2.58. The number of hydrogen-bond donors (Lipinski definition) is 0. The third kappa shape index (κ3) is 1.61. The third-order valence-electron chi connectivity index (χ3n) is 6.58. The highest BCUT2D eigenvalue weighted by atomic mass is 16.2. The van der Waals surface area contributed by atoms with Crippen LogP contribution in [0.2, 0.25) is 0 Å². The van der Waals surface area contributed by atoms with E-state index >= 15 is 0 Å². The molecule has 0 saturated heterocycles. The fourth-order valence-electron chi connectivity index (χ4n) is 5.39. The van der Waals surface area contributed by atoms with E-state index in [1.54, 1.807) is 9.80 Å². The molecule has 4 rings (SSSR count). The van der Waals surface area contributed by atoms with Gasteiger partial charge in [0.1, 0.15) is 0 Å². The molecule has 0 fully saturated rings. The Morgan fingerprint density at radius 3 is 1.38 bits per heavy atom. The Hall–Kier alpha value is -2.62. The second-order valence-corrected chi connectivity index (χ2v) is 7.28. The number of amides is 2. The molecule has 2 heterocycles. The standard InChI is InChI=1S/C22H24N2O2/c1-5-21(15-11-7-9-13-17(15)23(3)19(21)25)22(6-2)16-12-8-10-14-18(16)24(4)20(22)26/h7-14H,5-6H2,1-4H3. The number of rotatable bonds is 3. The van der Waals surface area contributed by atoms with Gasteiger partial charge < -0.3 is 9.80 Å². The molecule has 2 aliphatic rings. The van der Waals surface area contributed by atoms with Crippen molar-refractivity contribution in [2.75, 3.05) is 23.9 Å². The number of nitrogens with zero attached hydrogens (tertiary/aromatic N) is 2. The van der Waals surface area contributed by atoms with E-state index in [-0.39, 0.29) is 11.8 Å². The van der Waals surface area contributed by atoms with Crippen molar-refractivity contribution in [1.29, 1.82) is 0 Å². The van der Waals surface area contributed by atoms with Crippen molar-refractivity contribution in [3.63, 3.8) is 0 Å². The van der Waals surface area contributed by atoms with Crippen LogP contribution in [-0.4, -0.2) is 25.9 Å². The lowest BCUT2D eigenvalue weighted by Gasteiger charge is -2.43. The van der Waals surface area contributed by atoms with Crippen LogP contribution >= 0.6 is 0 Å². The van der Waals surface area contributed by atoms with Crippen molar-refractivity contribution >= 4 is 23.2 Å². The summed E-state index contributed by atoms with van der Waals surface area (Å²) in [6.45, 7) is 4.05. The maximum absolute atomic E-state index is 13.7. The van der Waals surface area contributed by atoms with Crippen molar-refractivity contribution in [3.05, 3.63) is 59.7 Å². The molecule has 26 heavy (non-hydrogen) atoms. The quantitative estimate of drug-likeness (QED) is 0.850. The number of likely N-dealkylation sites (N-methyl/N-ethyl adjacent to an activating group) is 2. The van der Waals surface area contributed by atoms with Gasteiger partial charge in [-0.1, -0.05) is 50.2 Å². The van der Waals surface area contributed by atoms with Crippen LogP contribution in [0.3, 0.4) is 0 Å². The summed E-state index contributed by atoms with van der Waals surface area (Å²) in [5.74, 6) is 0.0306. The first-order chi connectivity index (χ1) is 12.5. The SMILES string of the molecule is CCC1(C2(CC)C(=O)N(C)c3ccccc32)C(=O)N(C)c2ccccc21. The lowest BCUT2D eigenvalue weighted by atomic mass is 9.55.